The van der Waals surface area contributed by atoms with Gasteiger partial charge in [-0.1, -0.05) is 19.1 Å². The second-order valence-electron chi connectivity index (χ2n) is 6.40. The molecule has 1 aliphatic rings. The van der Waals surface area contributed by atoms with Crippen LogP contribution in [0, 0.1) is 5.92 Å². The third-order valence-corrected chi connectivity index (χ3v) is 4.20. The molecule has 0 saturated carbocycles. The molecule has 1 aromatic rings. The molecule has 0 bridgehead atoms. The lowest BCUT2D eigenvalue weighted by molar-refractivity contribution is -0.132. The number of benzene rings is 1. The van der Waals surface area contributed by atoms with Gasteiger partial charge in [0.05, 0.1) is 5.92 Å². The van der Waals surface area contributed by atoms with Gasteiger partial charge < -0.3 is 16.0 Å². The Morgan fingerprint density at radius 3 is 2.43 bits per heavy atom. The summed E-state index contributed by atoms with van der Waals surface area (Å²) in [5, 5.41) is 2.62. The zero-order valence-corrected chi connectivity index (χ0v) is 13.8. The largest absolute Gasteiger partial charge is 0.368 e. The van der Waals surface area contributed by atoms with Crippen molar-refractivity contribution in [2.45, 2.75) is 39.2 Å². The van der Waals surface area contributed by atoms with Gasteiger partial charge in [0.25, 0.3) is 0 Å². The van der Waals surface area contributed by atoms with Gasteiger partial charge in [-0.15, -0.1) is 0 Å². The predicted molar refractivity (Wildman–Crippen MR) is 87.7 cm³/mol. The molecule has 6 nitrogen and oxygen atoms in total. The Bertz CT molecular complexity index is 622. The van der Waals surface area contributed by atoms with Gasteiger partial charge in [-0.25, -0.2) is 0 Å². The van der Waals surface area contributed by atoms with Crippen LogP contribution in [-0.2, 0) is 20.8 Å². The minimum absolute atomic E-state index is 0.0914. The average molecular weight is 317 g/mol. The summed E-state index contributed by atoms with van der Waals surface area (Å²) in [5.41, 5.74) is 6.11. The van der Waals surface area contributed by atoms with E-state index in [9.17, 15) is 14.4 Å². The molecular weight excluding hydrogens is 294 g/mol. The molecule has 0 spiro atoms. The summed E-state index contributed by atoms with van der Waals surface area (Å²) in [4.78, 5) is 37.4. The van der Waals surface area contributed by atoms with E-state index in [-0.39, 0.29) is 18.2 Å². The number of amides is 3. The van der Waals surface area contributed by atoms with Crippen LogP contribution in [0.5, 0.6) is 0 Å². The summed E-state index contributed by atoms with van der Waals surface area (Å²) < 4.78 is 0. The third-order valence-electron chi connectivity index (χ3n) is 4.20. The number of hydrogen-bond donors (Lipinski definition) is 2. The van der Waals surface area contributed by atoms with Gasteiger partial charge >= 0.3 is 0 Å². The zero-order chi connectivity index (χ0) is 17.2. The van der Waals surface area contributed by atoms with Crippen molar-refractivity contribution in [3.05, 3.63) is 29.8 Å². The van der Waals surface area contributed by atoms with E-state index in [0.717, 1.165) is 12.1 Å². The molecule has 0 radical (unpaired) electrons. The molecule has 23 heavy (non-hydrogen) atoms. The molecular formula is C17H23N3O3. The van der Waals surface area contributed by atoms with Crippen LogP contribution in [0.3, 0.4) is 0 Å². The van der Waals surface area contributed by atoms with E-state index in [1.54, 1.807) is 18.7 Å². The number of carbonyl (C=O) groups excluding carboxylic acids is 3. The summed E-state index contributed by atoms with van der Waals surface area (Å²) in [6.07, 6.45) is 1.07. The highest BCUT2D eigenvalue weighted by Gasteiger charge is 2.38. The zero-order valence-electron chi connectivity index (χ0n) is 13.8. The molecule has 0 aliphatic carbocycles. The quantitative estimate of drug-likeness (QED) is 0.848. The second-order valence-corrected chi connectivity index (χ2v) is 6.40. The minimum Gasteiger partial charge on any atom is -0.368 e. The number of hydrogen-bond acceptors (Lipinski definition) is 3. The van der Waals surface area contributed by atoms with E-state index in [4.69, 9.17) is 5.73 Å². The first-order chi connectivity index (χ1) is 10.7. The molecule has 1 aliphatic heterocycles. The Kier molecular flexibility index (Phi) is 4.73. The van der Waals surface area contributed by atoms with E-state index in [2.05, 4.69) is 12.2 Å². The SMILES string of the molecule is CCc1ccc(N2C[C@H](C(=O)NC(C)(C)C(N)=O)CC2=O)cc1. The number of primary amides is 1. The smallest absolute Gasteiger partial charge is 0.242 e. The number of anilines is 1. The molecule has 124 valence electrons. The highest BCUT2D eigenvalue weighted by Crippen LogP contribution is 2.26. The standard InChI is InChI=1S/C17H23N3O3/c1-4-11-5-7-13(8-6-11)20-10-12(9-14(20)21)15(22)19-17(2,3)16(18)23/h5-8,12H,4,9-10H2,1-3H3,(H2,18,23)(H,19,22)/t12-/m1/s1. The Hall–Kier alpha value is -2.37. The Labute approximate surface area is 136 Å². The van der Waals surface area contributed by atoms with E-state index in [0.29, 0.717) is 6.54 Å². The van der Waals surface area contributed by atoms with Crippen LogP contribution in [0.4, 0.5) is 5.69 Å². The van der Waals surface area contributed by atoms with Gasteiger partial charge in [0.2, 0.25) is 17.7 Å². The van der Waals surface area contributed by atoms with E-state index >= 15 is 0 Å². The summed E-state index contributed by atoms with van der Waals surface area (Å²) in [6, 6.07) is 7.74. The molecule has 1 aromatic carbocycles. The lowest BCUT2D eigenvalue weighted by Gasteiger charge is -2.24. The minimum atomic E-state index is -1.13. The summed E-state index contributed by atoms with van der Waals surface area (Å²) in [5.74, 6) is -1.50. The first-order valence-electron chi connectivity index (χ1n) is 7.76. The van der Waals surface area contributed by atoms with Crippen molar-refractivity contribution in [1.29, 1.82) is 0 Å². The van der Waals surface area contributed by atoms with E-state index in [1.165, 1.54) is 5.56 Å². The highest BCUT2D eigenvalue weighted by atomic mass is 16.2. The monoisotopic (exact) mass is 317 g/mol. The van der Waals surface area contributed by atoms with Crippen molar-refractivity contribution in [2.75, 3.05) is 11.4 Å². The van der Waals surface area contributed by atoms with Gasteiger partial charge in [0, 0.05) is 18.7 Å². The van der Waals surface area contributed by atoms with Crippen LogP contribution < -0.4 is 16.0 Å². The molecule has 1 atom stereocenters. The summed E-state index contributed by atoms with van der Waals surface area (Å²) in [7, 11) is 0. The Morgan fingerprint density at radius 1 is 1.30 bits per heavy atom. The van der Waals surface area contributed by atoms with Crippen molar-refractivity contribution in [2.24, 2.45) is 11.7 Å². The normalized spacial score (nSPS) is 18.1. The second kappa shape index (κ2) is 6.40. The first kappa shape index (κ1) is 17.0. The summed E-state index contributed by atoms with van der Waals surface area (Å²) >= 11 is 0. The third kappa shape index (κ3) is 3.70. The fourth-order valence-electron chi connectivity index (χ4n) is 2.52. The van der Waals surface area contributed by atoms with Crippen LogP contribution in [-0.4, -0.2) is 29.8 Å². The average Bonchev–Trinajstić information content (AvgIpc) is 2.89. The molecule has 3 N–H and O–H groups in total. The fraction of sp³-hybridized carbons (Fsp3) is 0.471. The van der Waals surface area contributed by atoms with Crippen LogP contribution >= 0.6 is 0 Å². The van der Waals surface area contributed by atoms with Crippen LogP contribution in [0.15, 0.2) is 24.3 Å². The molecule has 1 fully saturated rings. The number of nitrogens with two attached hydrogens (primary N) is 1. The highest BCUT2D eigenvalue weighted by molar-refractivity contribution is 6.01. The topological polar surface area (TPSA) is 92.5 Å². The maximum absolute atomic E-state index is 12.3. The van der Waals surface area contributed by atoms with Gasteiger partial charge in [0.15, 0.2) is 0 Å². The Morgan fingerprint density at radius 2 is 1.91 bits per heavy atom. The maximum Gasteiger partial charge on any atom is 0.242 e. The molecule has 0 aromatic heterocycles. The Balaban J connectivity index is 2.07. The molecule has 2 rings (SSSR count). The number of nitrogens with zero attached hydrogens (tertiary/aromatic N) is 1. The number of nitrogens with one attached hydrogen (secondary N) is 1. The van der Waals surface area contributed by atoms with Crippen molar-refractivity contribution in [3.8, 4) is 0 Å². The van der Waals surface area contributed by atoms with Crippen LogP contribution in [0.25, 0.3) is 0 Å². The van der Waals surface area contributed by atoms with E-state index < -0.39 is 17.4 Å². The summed E-state index contributed by atoms with van der Waals surface area (Å²) in [6.45, 7) is 5.47. The lowest BCUT2D eigenvalue weighted by atomic mass is 10.0. The number of rotatable bonds is 5. The first-order valence-corrected chi connectivity index (χ1v) is 7.76. The number of carbonyl (C=O) groups is 3. The molecule has 3 amide bonds. The molecule has 0 unspecified atom stereocenters. The van der Waals surface area contributed by atoms with Gasteiger partial charge in [-0.05, 0) is 38.0 Å². The van der Waals surface area contributed by atoms with E-state index in [1.807, 2.05) is 24.3 Å². The van der Waals surface area contributed by atoms with Crippen molar-refractivity contribution in [1.82, 2.24) is 5.32 Å². The predicted octanol–water partition coefficient (Wildman–Crippen LogP) is 0.982. The van der Waals surface area contributed by atoms with Crippen LogP contribution in [0.2, 0.25) is 0 Å². The van der Waals surface area contributed by atoms with Gasteiger partial charge in [-0.3, -0.25) is 14.4 Å². The molecule has 1 saturated heterocycles. The van der Waals surface area contributed by atoms with Crippen LogP contribution in [0.1, 0.15) is 32.8 Å². The van der Waals surface area contributed by atoms with Crippen molar-refractivity contribution in [3.63, 3.8) is 0 Å². The molecule has 6 heteroatoms. The van der Waals surface area contributed by atoms with Gasteiger partial charge in [-0.2, -0.15) is 0 Å². The lowest BCUT2D eigenvalue weighted by Crippen LogP contribution is -2.54. The fourth-order valence-corrected chi connectivity index (χ4v) is 2.52. The van der Waals surface area contributed by atoms with Crippen molar-refractivity contribution >= 4 is 23.4 Å². The number of aryl methyl sites for hydroxylation is 1. The van der Waals surface area contributed by atoms with Gasteiger partial charge in [0.1, 0.15) is 5.54 Å². The molecule has 1 heterocycles. The maximum atomic E-state index is 12.3. The van der Waals surface area contributed by atoms with Crippen molar-refractivity contribution < 1.29 is 14.4 Å².